The van der Waals surface area contributed by atoms with E-state index in [1.165, 1.54) is 14.1 Å². The molecule has 1 aromatic rings. The van der Waals surface area contributed by atoms with Crippen molar-refractivity contribution in [1.29, 1.82) is 0 Å². The van der Waals surface area contributed by atoms with Gasteiger partial charge >= 0.3 is 0 Å². The molecule has 122 valence electrons. The molecule has 0 spiro atoms. The molecular formula is C11H11ClF4N4O2. The Labute approximate surface area is 127 Å². The molecule has 1 aromatic heterocycles. The summed E-state index contributed by atoms with van der Waals surface area (Å²) in [5, 5.41) is 7.57. The highest BCUT2D eigenvalue weighted by Gasteiger charge is 2.26. The number of aryl methyl sites for hydroxylation is 1. The van der Waals surface area contributed by atoms with Crippen LogP contribution in [0.3, 0.4) is 0 Å². The summed E-state index contributed by atoms with van der Waals surface area (Å²) >= 11 is 5.49. The molecule has 2 heterocycles. The summed E-state index contributed by atoms with van der Waals surface area (Å²) in [5.41, 5.74) is -1.15. The van der Waals surface area contributed by atoms with Gasteiger partial charge in [-0.3, -0.25) is 14.3 Å². The molecule has 0 N–H and O–H groups in total. The lowest BCUT2D eigenvalue weighted by Crippen LogP contribution is -2.14. The molecule has 0 atom stereocenters. The van der Waals surface area contributed by atoms with Crippen molar-refractivity contribution in [2.45, 2.75) is 19.3 Å². The Kier molecular flexibility index (Phi) is 6.03. The molecule has 0 aliphatic carbocycles. The van der Waals surface area contributed by atoms with Crippen molar-refractivity contribution in [1.82, 2.24) is 14.8 Å². The van der Waals surface area contributed by atoms with Gasteiger partial charge < -0.3 is 0 Å². The SMILES string of the molecule is CN1N=C(C(F)F)CC1=O.Cn1nc(C(F)F)c(C=O)c1Cl. The lowest BCUT2D eigenvalue weighted by Gasteiger charge is -1.98. The van der Waals surface area contributed by atoms with E-state index in [0.29, 0.717) is 0 Å². The number of nitrogens with zero attached hydrogens (tertiary/aromatic N) is 4. The second kappa shape index (κ2) is 7.34. The molecular weight excluding hydrogens is 332 g/mol. The molecule has 0 radical (unpaired) electrons. The van der Waals surface area contributed by atoms with Gasteiger partial charge in [-0.2, -0.15) is 10.2 Å². The van der Waals surface area contributed by atoms with Crippen LogP contribution in [0.25, 0.3) is 0 Å². The Balaban J connectivity index is 0.000000224. The minimum absolute atomic E-state index is 0.0692. The number of carbonyl (C=O) groups is 2. The van der Waals surface area contributed by atoms with Crippen LogP contribution in [0.15, 0.2) is 5.10 Å². The number of amides is 1. The van der Waals surface area contributed by atoms with E-state index in [9.17, 15) is 27.2 Å². The molecule has 0 aromatic carbocycles. The molecule has 1 aliphatic heterocycles. The van der Waals surface area contributed by atoms with Gasteiger partial charge in [0.2, 0.25) is 5.91 Å². The molecule has 6 nitrogen and oxygen atoms in total. The number of halogens is 5. The van der Waals surface area contributed by atoms with Crippen molar-refractivity contribution in [3.05, 3.63) is 16.4 Å². The zero-order valence-corrected chi connectivity index (χ0v) is 12.2. The minimum atomic E-state index is -2.77. The van der Waals surface area contributed by atoms with Crippen LogP contribution in [0.5, 0.6) is 0 Å². The summed E-state index contributed by atoms with van der Waals surface area (Å²) in [6.07, 6.45) is -5.34. The largest absolute Gasteiger partial charge is 0.298 e. The molecule has 2 rings (SSSR count). The van der Waals surface area contributed by atoms with Crippen LogP contribution in [0.1, 0.15) is 28.9 Å². The smallest absolute Gasteiger partial charge is 0.282 e. The molecule has 0 fully saturated rings. The number of hydrogen-bond donors (Lipinski definition) is 0. The second-order valence-electron chi connectivity index (χ2n) is 4.12. The van der Waals surface area contributed by atoms with Crippen LogP contribution in [-0.2, 0) is 11.8 Å². The van der Waals surface area contributed by atoms with Crippen LogP contribution in [0, 0.1) is 0 Å². The number of aromatic nitrogens is 2. The van der Waals surface area contributed by atoms with Gasteiger partial charge in [-0.1, -0.05) is 11.6 Å². The van der Waals surface area contributed by atoms with E-state index in [-0.39, 0.29) is 35.0 Å². The van der Waals surface area contributed by atoms with Gasteiger partial charge in [0.25, 0.3) is 12.9 Å². The number of alkyl halides is 4. The Morgan fingerprint density at radius 2 is 1.82 bits per heavy atom. The molecule has 11 heteroatoms. The second-order valence-corrected chi connectivity index (χ2v) is 4.48. The maximum atomic E-state index is 12.1. The zero-order valence-electron chi connectivity index (χ0n) is 11.4. The van der Waals surface area contributed by atoms with Crippen LogP contribution in [0.4, 0.5) is 17.6 Å². The van der Waals surface area contributed by atoms with Crippen LogP contribution in [0.2, 0.25) is 5.15 Å². The molecule has 1 amide bonds. The fraction of sp³-hybridized carbons (Fsp3) is 0.455. The van der Waals surface area contributed by atoms with Gasteiger partial charge in [0.15, 0.2) is 6.29 Å². The van der Waals surface area contributed by atoms with Crippen molar-refractivity contribution in [2.75, 3.05) is 7.05 Å². The average Bonchev–Trinajstić information content (AvgIpc) is 2.92. The highest BCUT2D eigenvalue weighted by molar-refractivity contribution is 6.32. The van der Waals surface area contributed by atoms with Gasteiger partial charge in [0, 0.05) is 14.1 Å². The monoisotopic (exact) mass is 342 g/mol. The lowest BCUT2D eigenvalue weighted by atomic mass is 10.3. The maximum Gasteiger partial charge on any atom is 0.282 e. The Morgan fingerprint density at radius 3 is 2.09 bits per heavy atom. The predicted octanol–water partition coefficient (Wildman–Crippen LogP) is 2.29. The van der Waals surface area contributed by atoms with E-state index in [4.69, 9.17) is 11.6 Å². The van der Waals surface area contributed by atoms with Gasteiger partial charge in [-0.25, -0.2) is 22.6 Å². The standard InChI is InChI=1S/C6H5ClF2N2O.C5H6F2N2O/c1-11-5(7)3(2-12)4(10-11)6(8)9;1-9-4(10)2-3(8-9)5(6)7/h2,6H,1H3;5H,2H2,1H3. The number of hydrazone groups is 1. The van der Waals surface area contributed by atoms with Crippen molar-refractivity contribution in [3.8, 4) is 0 Å². The summed E-state index contributed by atoms with van der Waals surface area (Å²) in [7, 11) is 2.75. The third kappa shape index (κ3) is 4.03. The van der Waals surface area contributed by atoms with Gasteiger partial charge in [-0.15, -0.1) is 0 Å². The van der Waals surface area contributed by atoms with Crippen LogP contribution < -0.4 is 0 Å². The topological polar surface area (TPSA) is 67.6 Å². The predicted molar refractivity (Wildman–Crippen MR) is 69.4 cm³/mol. The average molecular weight is 343 g/mol. The lowest BCUT2D eigenvalue weighted by molar-refractivity contribution is -0.127. The quantitative estimate of drug-likeness (QED) is 0.625. The normalized spacial score (nSPS) is 14.3. The van der Waals surface area contributed by atoms with Crippen molar-refractivity contribution in [2.24, 2.45) is 12.1 Å². The number of aldehydes is 1. The summed E-state index contributed by atoms with van der Waals surface area (Å²) in [4.78, 5) is 20.9. The first kappa shape index (κ1) is 18.1. The fourth-order valence-corrected chi connectivity index (χ4v) is 1.66. The number of rotatable bonds is 3. The number of hydrogen-bond acceptors (Lipinski definition) is 4. The first-order valence-corrected chi connectivity index (χ1v) is 6.14. The first-order valence-electron chi connectivity index (χ1n) is 5.76. The Bertz CT molecular complexity index is 603. The Morgan fingerprint density at radius 1 is 1.23 bits per heavy atom. The maximum absolute atomic E-state index is 12.1. The Hall–Kier alpha value is -1.97. The van der Waals surface area contributed by atoms with Gasteiger partial charge in [0.1, 0.15) is 16.6 Å². The van der Waals surface area contributed by atoms with E-state index in [0.717, 1.165) is 9.69 Å². The molecule has 0 bridgehead atoms. The van der Waals surface area contributed by atoms with E-state index in [1.54, 1.807) is 0 Å². The van der Waals surface area contributed by atoms with E-state index < -0.39 is 18.5 Å². The van der Waals surface area contributed by atoms with Crippen molar-refractivity contribution < 1.29 is 27.2 Å². The first-order chi connectivity index (χ1) is 10.2. The highest BCUT2D eigenvalue weighted by Crippen LogP contribution is 2.25. The summed E-state index contributed by atoms with van der Waals surface area (Å²) in [6.45, 7) is 0. The number of carbonyl (C=O) groups excluding carboxylic acids is 2. The third-order valence-electron chi connectivity index (χ3n) is 2.59. The van der Waals surface area contributed by atoms with E-state index >= 15 is 0 Å². The summed E-state index contributed by atoms with van der Waals surface area (Å²) in [6, 6.07) is 0. The summed E-state index contributed by atoms with van der Waals surface area (Å²) in [5.74, 6) is -0.379. The van der Waals surface area contributed by atoms with E-state index in [1.807, 2.05) is 0 Å². The highest BCUT2D eigenvalue weighted by atomic mass is 35.5. The third-order valence-corrected chi connectivity index (χ3v) is 3.04. The summed E-state index contributed by atoms with van der Waals surface area (Å²) < 4.78 is 48.8. The molecule has 0 saturated carbocycles. The fourth-order valence-electron chi connectivity index (χ4n) is 1.48. The van der Waals surface area contributed by atoms with Crippen molar-refractivity contribution >= 4 is 29.5 Å². The van der Waals surface area contributed by atoms with Crippen LogP contribution in [-0.4, -0.2) is 46.2 Å². The minimum Gasteiger partial charge on any atom is -0.298 e. The molecule has 22 heavy (non-hydrogen) atoms. The zero-order chi connectivity index (χ0) is 17.0. The van der Waals surface area contributed by atoms with Crippen LogP contribution >= 0.6 is 11.6 Å². The van der Waals surface area contributed by atoms with Crippen molar-refractivity contribution in [3.63, 3.8) is 0 Å². The molecule has 1 aliphatic rings. The van der Waals surface area contributed by atoms with E-state index in [2.05, 4.69) is 10.2 Å². The molecule has 0 saturated heterocycles. The van der Waals surface area contributed by atoms with Gasteiger partial charge in [-0.05, 0) is 0 Å². The van der Waals surface area contributed by atoms with Gasteiger partial charge in [0.05, 0.1) is 12.0 Å². The molecule has 0 unspecified atom stereocenters.